The topological polar surface area (TPSA) is 80.7 Å². The quantitative estimate of drug-likeness (QED) is 0.553. The number of carbonyl (C=O) groups excluding carboxylic acids is 1. The van der Waals surface area contributed by atoms with Crippen LogP contribution in [0.4, 0.5) is 9.52 Å². The van der Waals surface area contributed by atoms with Crippen LogP contribution in [0.15, 0.2) is 48.7 Å². The molecule has 0 aliphatic carbocycles. The van der Waals surface area contributed by atoms with E-state index in [0.29, 0.717) is 35.2 Å². The number of amides is 1. The summed E-state index contributed by atoms with van der Waals surface area (Å²) in [4.78, 5) is 17.7. The van der Waals surface area contributed by atoms with Gasteiger partial charge in [0.05, 0.1) is 13.2 Å². The SMILES string of the molecule is CCOc1ccc(C(=O)Nc2ncc(Cc3cccc(F)c3)s2)cc1OCCO. The molecule has 0 aliphatic rings. The van der Waals surface area contributed by atoms with E-state index < -0.39 is 0 Å². The molecule has 152 valence electrons. The van der Waals surface area contributed by atoms with Crippen molar-refractivity contribution in [3.8, 4) is 11.5 Å². The largest absolute Gasteiger partial charge is 0.490 e. The molecular formula is C21H21FN2O4S. The van der Waals surface area contributed by atoms with Crippen LogP contribution in [-0.4, -0.2) is 35.8 Å². The van der Waals surface area contributed by atoms with Crippen LogP contribution in [-0.2, 0) is 6.42 Å². The lowest BCUT2D eigenvalue weighted by atomic mass is 10.1. The Bertz CT molecular complexity index is 977. The summed E-state index contributed by atoms with van der Waals surface area (Å²) in [6.07, 6.45) is 2.20. The number of aliphatic hydroxyl groups is 1. The molecule has 2 aromatic carbocycles. The highest BCUT2D eigenvalue weighted by Crippen LogP contribution is 2.29. The predicted molar refractivity (Wildman–Crippen MR) is 109 cm³/mol. The summed E-state index contributed by atoms with van der Waals surface area (Å²) >= 11 is 1.33. The fraction of sp³-hybridized carbons (Fsp3) is 0.238. The van der Waals surface area contributed by atoms with Crippen LogP contribution >= 0.6 is 11.3 Å². The third kappa shape index (κ3) is 5.75. The zero-order chi connectivity index (χ0) is 20.6. The highest BCUT2D eigenvalue weighted by Gasteiger charge is 2.14. The minimum Gasteiger partial charge on any atom is -0.490 e. The van der Waals surface area contributed by atoms with Crippen molar-refractivity contribution >= 4 is 22.4 Å². The molecule has 0 saturated heterocycles. The first-order chi connectivity index (χ1) is 14.1. The summed E-state index contributed by atoms with van der Waals surface area (Å²) in [6.45, 7) is 2.25. The van der Waals surface area contributed by atoms with Crippen LogP contribution in [0.2, 0.25) is 0 Å². The van der Waals surface area contributed by atoms with Gasteiger partial charge in [-0.25, -0.2) is 9.37 Å². The molecule has 0 saturated carbocycles. The Morgan fingerprint density at radius 3 is 2.83 bits per heavy atom. The number of hydrogen-bond acceptors (Lipinski definition) is 6. The third-order valence-electron chi connectivity index (χ3n) is 3.90. The molecule has 0 radical (unpaired) electrons. The number of rotatable bonds is 9. The number of anilines is 1. The molecule has 2 N–H and O–H groups in total. The van der Waals surface area contributed by atoms with Crippen LogP contribution in [0, 0.1) is 5.82 Å². The number of carbonyl (C=O) groups is 1. The Hall–Kier alpha value is -2.97. The highest BCUT2D eigenvalue weighted by atomic mass is 32.1. The molecule has 3 aromatic rings. The number of nitrogens with one attached hydrogen (secondary N) is 1. The van der Waals surface area contributed by atoms with Crippen molar-refractivity contribution in [2.45, 2.75) is 13.3 Å². The fourth-order valence-corrected chi connectivity index (χ4v) is 3.50. The number of ether oxygens (including phenoxy) is 2. The third-order valence-corrected chi connectivity index (χ3v) is 4.81. The van der Waals surface area contributed by atoms with Crippen molar-refractivity contribution in [3.63, 3.8) is 0 Å². The second kappa shape index (κ2) is 9.99. The smallest absolute Gasteiger partial charge is 0.257 e. The molecule has 1 heterocycles. The summed E-state index contributed by atoms with van der Waals surface area (Å²) in [6, 6.07) is 11.2. The Balaban J connectivity index is 1.69. The molecule has 29 heavy (non-hydrogen) atoms. The van der Waals surface area contributed by atoms with E-state index in [1.165, 1.54) is 23.5 Å². The number of aromatic nitrogens is 1. The lowest BCUT2D eigenvalue weighted by Gasteiger charge is -2.12. The van der Waals surface area contributed by atoms with Crippen molar-refractivity contribution in [2.24, 2.45) is 0 Å². The maximum absolute atomic E-state index is 13.3. The Kier molecular flexibility index (Phi) is 7.15. The molecule has 0 unspecified atom stereocenters. The van der Waals surface area contributed by atoms with E-state index in [1.807, 2.05) is 13.0 Å². The Morgan fingerprint density at radius 2 is 2.07 bits per heavy atom. The van der Waals surface area contributed by atoms with Gasteiger partial charge in [0.15, 0.2) is 16.6 Å². The zero-order valence-corrected chi connectivity index (χ0v) is 16.7. The van der Waals surface area contributed by atoms with Crippen molar-refractivity contribution < 1.29 is 23.8 Å². The van der Waals surface area contributed by atoms with E-state index in [-0.39, 0.29) is 24.9 Å². The van der Waals surface area contributed by atoms with Crippen LogP contribution in [0.25, 0.3) is 0 Å². The second-order valence-electron chi connectivity index (χ2n) is 6.06. The average molecular weight is 416 g/mol. The Labute approximate surface area is 171 Å². The number of benzene rings is 2. The molecule has 0 atom stereocenters. The minimum absolute atomic E-state index is 0.0983. The number of hydrogen-bond donors (Lipinski definition) is 2. The first-order valence-corrected chi connectivity index (χ1v) is 9.91. The van der Waals surface area contributed by atoms with Gasteiger partial charge in [0.25, 0.3) is 5.91 Å². The molecule has 0 spiro atoms. The minimum atomic E-state index is -0.339. The highest BCUT2D eigenvalue weighted by molar-refractivity contribution is 7.15. The van der Waals surface area contributed by atoms with E-state index in [4.69, 9.17) is 14.6 Å². The summed E-state index contributed by atoms with van der Waals surface area (Å²) in [5.74, 6) is 0.271. The van der Waals surface area contributed by atoms with Gasteiger partial charge in [-0.1, -0.05) is 12.1 Å². The molecule has 1 aromatic heterocycles. The van der Waals surface area contributed by atoms with Gasteiger partial charge in [-0.15, -0.1) is 11.3 Å². The lowest BCUT2D eigenvalue weighted by molar-refractivity contribution is 0.102. The Morgan fingerprint density at radius 1 is 1.21 bits per heavy atom. The normalized spacial score (nSPS) is 10.6. The number of aliphatic hydroxyl groups excluding tert-OH is 1. The number of halogens is 1. The van der Waals surface area contributed by atoms with Crippen molar-refractivity contribution in [1.82, 2.24) is 4.98 Å². The first kappa shape index (κ1) is 20.8. The van der Waals surface area contributed by atoms with Gasteiger partial charge in [-0.3, -0.25) is 10.1 Å². The molecule has 1 amide bonds. The summed E-state index contributed by atoms with van der Waals surface area (Å²) in [5, 5.41) is 12.2. The van der Waals surface area contributed by atoms with Crippen LogP contribution in [0.5, 0.6) is 11.5 Å². The molecule has 8 heteroatoms. The van der Waals surface area contributed by atoms with Gasteiger partial charge in [0.1, 0.15) is 12.4 Å². The molecular weight excluding hydrogens is 395 g/mol. The van der Waals surface area contributed by atoms with Gasteiger partial charge in [0, 0.05) is 23.1 Å². The maximum atomic E-state index is 13.3. The molecule has 3 rings (SSSR count). The van der Waals surface area contributed by atoms with Crippen LogP contribution in [0.3, 0.4) is 0 Å². The lowest BCUT2D eigenvalue weighted by Crippen LogP contribution is -2.12. The molecule has 0 aliphatic heterocycles. The van der Waals surface area contributed by atoms with E-state index in [0.717, 1.165) is 10.4 Å². The number of thiazole rings is 1. The van der Waals surface area contributed by atoms with Gasteiger partial charge in [0.2, 0.25) is 0 Å². The summed E-state index contributed by atoms with van der Waals surface area (Å²) in [7, 11) is 0. The van der Waals surface area contributed by atoms with E-state index in [2.05, 4.69) is 10.3 Å². The maximum Gasteiger partial charge on any atom is 0.257 e. The van der Waals surface area contributed by atoms with Crippen LogP contribution in [0.1, 0.15) is 27.7 Å². The molecule has 6 nitrogen and oxygen atoms in total. The van der Waals surface area contributed by atoms with Crippen molar-refractivity contribution in [3.05, 3.63) is 70.5 Å². The molecule has 0 fully saturated rings. The van der Waals surface area contributed by atoms with Crippen molar-refractivity contribution in [1.29, 1.82) is 0 Å². The summed E-state index contributed by atoms with van der Waals surface area (Å²) in [5.41, 5.74) is 1.21. The van der Waals surface area contributed by atoms with E-state index in [1.54, 1.807) is 30.5 Å². The van der Waals surface area contributed by atoms with E-state index >= 15 is 0 Å². The second-order valence-corrected chi connectivity index (χ2v) is 7.17. The first-order valence-electron chi connectivity index (χ1n) is 9.10. The number of nitrogens with zero attached hydrogens (tertiary/aromatic N) is 1. The van der Waals surface area contributed by atoms with Gasteiger partial charge < -0.3 is 14.6 Å². The van der Waals surface area contributed by atoms with Gasteiger partial charge in [-0.2, -0.15) is 0 Å². The summed E-state index contributed by atoms with van der Waals surface area (Å²) < 4.78 is 24.3. The standard InChI is InChI=1S/C21H21FN2O4S/c1-2-27-18-7-6-15(12-19(18)28-9-8-25)20(26)24-21-23-13-17(29-21)11-14-4-3-5-16(22)10-14/h3-7,10,12-13,25H,2,8-9,11H2,1H3,(H,23,24,26). The van der Waals surface area contributed by atoms with Crippen molar-refractivity contribution in [2.75, 3.05) is 25.1 Å². The van der Waals surface area contributed by atoms with Crippen LogP contribution < -0.4 is 14.8 Å². The molecule has 0 bridgehead atoms. The van der Waals surface area contributed by atoms with Gasteiger partial charge in [-0.05, 0) is 42.8 Å². The van der Waals surface area contributed by atoms with E-state index in [9.17, 15) is 9.18 Å². The fourth-order valence-electron chi connectivity index (χ4n) is 2.66. The van der Waals surface area contributed by atoms with Gasteiger partial charge >= 0.3 is 0 Å². The average Bonchev–Trinajstić information content (AvgIpc) is 3.14. The monoisotopic (exact) mass is 416 g/mol. The predicted octanol–water partition coefficient (Wildman–Crippen LogP) is 3.90. The zero-order valence-electron chi connectivity index (χ0n) is 15.9.